The van der Waals surface area contributed by atoms with Crippen LogP contribution in [0.4, 0.5) is 11.6 Å². The summed E-state index contributed by atoms with van der Waals surface area (Å²) in [5.74, 6) is 0.666. The third-order valence-corrected chi connectivity index (χ3v) is 5.39. The lowest BCUT2D eigenvalue weighted by Gasteiger charge is -2.26. The molecule has 1 saturated heterocycles. The molecule has 1 aromatic heterocycles. The van der Waals surface area contributed by atoms with Gasteiger partial charge in [-0.25, -0.2) is 9.97 Å². The Morgan fingerprint density at radius 1 is 0.857 bits per heavy atom. The molecule has 0 saturated carbocycles. The number of amides is 1. The van der Waals surface area contributed by atoms with E-state index in [1.165, 1.54) is 19.3 Å². The molecule has 1 fully saturated rings. The van der Waals surface area contributed by atoms with E-state index in [1.54, 1.807) is 0 Å². The third kappa shape index (κ3) is 4.39. The standard InChI is InChI=1S/C22H21BrN4O/c23-19-8-10-20(11-9-19)26-21(28)17-6-4-16(5-7-17)18-14-24-22(25-15-18)27-12-2-1-3-13-27/h4-11,14-15H,1-3,12-13H2,(H,26,28). The average Bonchev–Trinajstić information content (AvgIpc) is 2.76. The molecule has 28 heavy (non-hydrogen) atoms. The minimum atomic E-state index is -0.134. The van der Waals surface area contributed by atoms with E-state index in [2.05, 4.69) is 36.1 Å². The van der Waals surface area contributed by atoms with Gasteiger partial charge < -0.3 is 10.2 Å². The number of carbonyl (C=O) groups excluding carboxylic acids is 1. The van der Waals surface area contributed by atoms with Crippen molar-refractivity contribution in [1.29, 1.82) is 0 Å². The van der Waals surface area contributed by atoms with E-state index in [0.717, 1.165) is 40.3 Å². The Morgan fingerprint density at radius 2 is 1.50 bits per heavy atom. The molecular formula is C22H21BrN4O. The highest BCUT2D eigenvalue weighted by molar-refractivity contribution is 9.10. The normalized spacial score (nSPS) is 14.0. The number of hydrogen-bond acceptors (Lipinski definition) is 4. The Balaban J connectivity index is 1.43. The highest BCUT2D eigenvalue weighted by atomic mass is 79.9. The molecule has 5 nitrogen and oxygen atoms in total. The molecule has 4 rings (SSSR count). The molecule has 0 radical (unpaired) electrons. The van der Waals surface area contributed by atoms with Crippen molar-refractivity contribution in [3.05, 3.63) is 71.0 Å². The van der Waals surface area contributed by atoms with Crippen molar-refractivity contribution in [2.75, 3.05) is 23.3 Å². The van der Waals surface area contributed by atoms with Crippen LogP contribution in [-0.4, -0.2) is 29.0 Å². The van der Waals surface area contributed by atoms with Crippen molar-refractivity contribution in [1.82, 2.24) is 9.97 Å². The third-order valence-electron chi connectivity index (χ3n) is 4.86. The summed E-state index contributed by atoms with van der Waals surface area (Å²) in [6, 6.07) is 15.0. The van der Waals surface area contributed by atoms with Crippen LogP contribution in [-0.2, 0) is 0 Å². The first-order chi connectivity index (χ1) is 13.7. The Labute approximate surface area is 173 Å². The lowest BCUT2D eigenvalue weighted by Crippen LogP contribution is -2.30. The molecule has 0 aliphatic carbocycles. The molecular weight excluding hydrogens is 416 g/mol. The smallest absolute Gasteiger partial charge is 0.255 e. The minimum absolute atomic E-state index is 0.134. The summed E-state index contributed by atoms with van der Waals surface area (Å²) in [6.07, 6.45) is 7.40. The Kier molecular flexibility index (Phi) is 5.67. The topological polar surface area (TPSA) is 58.1 Å². The number of nitrogens with zero attached hydrogens (tertiary/aromatic N) is 3. The maximum atomic E-state index is 12.4. The molecule has 1 aliphatic rings. The van der Waals surface area contributed by atoms with E-state index in [-0.39, 0.29) is 5.91 Å². The Hall–Kier alpha value is -2.73. The maximum absolute atomic E-state index is 12.4. The fourth-order valence-electron chi connectivity index (χ4n) is 3.28. The zero-order chi connectivity index (χ0) is 19.3. The number of carbonyl (C=O) groups is 1. The molecule has 142 valence electrons. The lowest BCUT2D eigenvalue weighted by atomic mass is 10.1. The van der Waals surface area contributed by atoms with Crippen molar-refractivity contribution < 1.29 is 4.79 Å². The molecule has 6 heteroatoms. The summed E-state index contributed by atoms with van der Waals surface area (Å²) >= 11 is 3.39. The van der Waals surface area contributed by atoms with Gasteiger partial charge in [-0.15, -0.1) is 0 Å². The Morgan fingerprint density at radius 3 is 2.14 bits per heavy atom. The zero-order valence-electron chi connectivity index (χ0n) is 15.4. The number of piperidine rings is 1. The quantitative estimate of drug-likeness (QED) is 0.614. The first kappa shape index (κ1) is 18.6. The van der Waals surface area contributed by atoms with E-state index in [9.17, 15) is 4.79 Å². The molecule has 0 atom stereocenters. The van der Waals surface area contributed by atoms with Crippen LogP contribution in [0.15, 0.2) is 65.4 Å². The molecule has 0 spiro atoms. The van der Waals surface area contributed by atoms with E-state index in [1.807, 2.05) is 60.9 Å². The summed E-state index contributed by atoms with van der Waals surface area (Å²) < 4.78 is 0.975. The van der Waals surface area contributed by atoms with Gasteiger partial charge in [-0.3, -0.25) is 4.79 Å². The van der Waals surface area contributed by atoms with E-state index in [4.69, 9.17) is 0 Å². The van der Waals surface area contributed by atoms with E-state index in [0.29, 0.717) is 5.56 Å². The van der Waals surface area contributed by atoms with Crippen molar-refractivity contribution in [3.8, 4) is 11.1 Å². The summed E-state index contributed by atoms with van der Waals surface area (Å²) in [5, 5.41) is 2.90. The Bertz CT molecular complexity index is 934. The summed E-state index contributed by atoms with van der Waals surface area (Å²) in [7, 11) is 0. The van der Waals surface area contributed by atoms with Gasteiger partial charge in [0.25, 0.3) is 5.91 Å². The van der Waals surface area contributed by atoms with Gasteiger partial charge in [0.15, 0.2) is 0 Å². The first-order valence-electron chi connectivity index (χ1n) is 9.43. The fourth-order valence-corrected chi connectivity index (χ4v) is 3.54. The number of anilines is 2. The van der Waals surface area contributed by atoms with Crippen molar-refractivity contribution >= 4 is 33.5 Å². The van der Waals surface area contributed by atoms with E-state index < -0.39 is 0 Å². The van der Waals surface area contributed by atoms with Crippen LogP contribution in [0, 0.1) is 0 Å². The average molecular weight is 437 g/mol. The molecule has 0 bridgehead atoms. The van der Waals surface area contributed by atoms with Crippen molar-refractivity contribution in [2.24, 2.45) is 0 Å². The number of hydrogen-bond donors (Lipinski definition) is 1. The largest absolute Gasteiger partial charge is 0.341 e. The molecule has 3 aromatic rings. The van der Waals surface area contributed by atoms with Crippen LogP contribution in [0.3, 0.4) is 0 Å². The molecule has 1 aliphatic heterocycles. The number of aromatic nitrogens is 2. The van der Waals surface area contributed by atoms with Crippen LogP contribution in [0.5, 0.6) is 0 Å². The summed E-state index contributed by atoms with van der Waals surface area (Å²) in [4.78, 5) is 23.7. The molecule has 0 unspecified atom stereocenters. The minimum Gasteiger partial charge on any atom is -0.341 e. The van der Waals surface area contributed by atoms with Crippen LogP contribution in [0.25, 0.3) is 11.1 Å². The SMILES string of the molecule is O=C(Nc1ccc(Br)cc1)c1ccc(-c2cnc(N3CCCCC3)nc2)cc1. The van der Waals surface area contributed by atoms with Crippen LogP contribution >= 0.6 is 15.9 Å². The molecule has 2 heterocycles. The van der Waals surface area contributed by atoms with E-state index >= 15 is 0 Å². The zero-order valence-corrected chi connectivity index (χ0v) is 17.0. The monoisotopic (exact) mass is 436 g/mol. The van der Waals surface area contributed by atoms with Gasteiger partial charge in [-0.1, -0.05) is 28.1 Å². The maximum Gasteiger partial charge on any atom is 0.255 e. The molecule has 2 aromatic carbocycles. The second-order valence-electron chi connectivity index (χ2n) is 6.86. The number of halogens is 1. The van der Waals surface area contributed by atoms with Gasteiger partial charge in [0.2, 0.25) is 5.95 Å². The molecule has 1 amide bonds. The van der Waals surface area contributed by atoms with Gasteiger partial charge in [0, 0.05) is 46.8 Å². The van der Waals surface area contributed by atoms with Gasteiger partial charge in [0.05, 0.1) is 0 Å². The second kappa shape index (κ2) is 8.52. The van der Waals surface area contributed by atoms with Gasteiger partial charge in [-0.05, 0) is 61.2 Å². The van der Waals surface area contributed by atoms with Gasteiger partial charge >= 0.3 is 0 Å². The van der Waals surface area contributed by atoms with Gasteiger partial charge in [-0.2, -0.15) is 0 Å². The van der Waals surface area contributed by atoms with Crippen molar-refractivity contribution in [3.63, 3.8) is 0 Å². The van der Waals surface area contributed by atoms with Crippen LogP contribution in [0.1, 0.15) is 29.6 Å². The first-order valence-corrected chi connectivity index (χ1v) is 10.2. The summed E-state index contributed by atoms with van der Waals surface area (Å²) in [5.41, 5.74) is 3.31. The fraction of sp³-hybridized carbons (Fsp3) is 0.227. The summed E-state index contributed by atoms with van der Waals surface area (Å²) in [6.45, 7) is 2.06. The van der Waals surface area contributed by atoms with Crippen molar-refractivity contribution in [2.45, 2.75) is 19.3 Å². The molecule has 1 N–H and O–H groups in total. The highest BCUT2D eigenvalue weighted by Crippen LogP contribution is 2.22. The van der Waals surface area contributed by atoms with Crippen LogP contribution in [0.2, 0.25) is 0 Å². The number of nitrogens with one attached hydrogen (secondary N) is 1. The van der Waals surface area contributed by atoms with Crippen LogP contribution < -0.4 is 10.2 Å². The van der Waals surface area contributed by atoms with Gasteiger partial charge in [0.1, 0.15) is 0 Å². The number of rotatable bonds is 4. The predicted molar refractivity (Wildman–Crippen MR) is 116 cm³/mol. The second-order valence-corrected chi connectivity index (χ2v) is 7.77. The lowest BCUT2D eigenvalue weighted by molar-refractivity contribution is 0.102. The highest BCUT2D eigenvalue weighted by Gasteiger charge is 2.13. The number of benzene rings is 2. The predicted octanol–water partition coefficient (Wildman–Crippen LogP) is 5.15.